The van der Waals surface area contributed by atoms with E-state index in [0.717, 1.165) is 24.3 Å². The molecule has 2 N–H and O–H groups in total. The molecule has 43 heavy (non-hydrogen) atoms. The predicted molar refractivity (Wildman–Crippen MR) is 160 cm³/mol. The van der Waals surface area contributed by atoms with Gasteiger partial charge in [0, 0.05) is 31.4 Å². The molecule has 0 spiro atoms. The molecule has 14 heteroatoms. The van der Waals surface area contributed by atoms with Crippen LogP contribution in [0.2, 0.25) is 10.0 Å². The van der Waals surface area contributed by atoms with Gasteiger partial charge in [-0.1, -0.05) is 47.5 Å². The van der Waals surface area contributed by atoms with E-state index in [1.165, 1.54) is 36.4 Å². The van der Waals surface area contributed by atoms with Crippen LogP contribution >= 0.6 is 55.1 Å². The maximum absolute atomic E-state index is 14.6. The highest BCUT2D eigenvalue weighted by Gasteiger charge is 2.72. The molecule has 0 unspecified atom stereocenters. The number of hydrogen-bond donors (Lipinski definition) is 2. The summed E-state index contributed by atoms with van der Waals surface area (Å²) in [6.07, 6.45) is -11.7. The number of carbonyl (C=O) groups excluding carboxylic acids is 2. The van der Waals surface area contributed by atoms with Crippen molar-refractivity contribution in [3.63, 3.8) is 0 Å². The molecule has 4 aromatic carbocycles. The SMILES string of the molecule is O=C(Nc1ccc(C(c2ccc(NC(=O)c3ccc(Cl)c(Br)c3)cc2)(C(F)(F)F)C(F)(F)F)cc1)c1ccc(Cl)c(Br)c1. The Hall–Kier alpha value is -3.06. The summed E-state index contributed by atoms with van der Waals surface area (Å²) in [5, 5.41) is 5.53. The average Bonchev–Trinajstić information content (AvgIpc) is 2.92. The molecule has 4 rings (SSSR count). The molecule has 4 aromatic rings. The van der Waals surface area contributed by atoms with Crippen LogP contribution < -0.4 is 10.6 Å². The van der Waals surface area contributed by atoms with Crippen molar-refractivity contribution in [1.29, 1.82) is 0 Å². The summed E-state index contributed by atoms with van der Waals surface area (Å²) in [7, 11) is 0. The Kier molecular flexibility index (Phi) is 9.55. The van der Waals surface area contributed by atoms with Gasteiger partial charge in [0.15, 0.2) is 0 Å². The highest BCUT2D eigenvalue weighted by molar-refractivity contribution is 9.10. The minimum atomic E-state index is -5.83. The van der Waals surface area contributed by atoms with Crippen molar-refractivity contribution in [3.8, 4) is 0 Å². The topological polar surface area (TPSA) is 58.2 Å². The van der Waals surface area contributed by atoms with E-state index in [0.29, 0.717) is 43.3 Å². The Balaban J connectivity index is 1.66. The van der Waals surface area contributed by atoms with Crippen LogP contribution in [0, 0.1) is 0 Å². The molecule has 0 fully saturated rings. The zero-order valence-electron chi connectivity index (χ0n) is 21.2. The Morgan fingerprint density at radius 2 is 0.884 bits per heavy atom. The molecule has 0 saturated heterocycles. The van der Waals surface area contributed by atoms with E-state index in [9.17, 15) is 35.9 Å². The molecule has 0 aliphatic rings. The van der Waals surface area contributed by atoms with Gasteiger partial charge in [0.2, 0.25) is 5.41 Å². The molecule has 4 nitrogen and oxygen atoms in total. The number of benzene rings is 4. The maximum Gasteiger partial charge on any atom is 0.411 e. The molecular weight excluding hydrogens is 753 g/mol. The number of hydrogen-bond acceptors (Lipinski definition) is 2. The van der Waals surface area contributed by atoms with Gasteiger partial charge < -0.3 is 10.6 Å². The van der Waals surface area contributed by atoms with Crippen molar-refractivity contribution >= 4 is 78.3 Å². The Morgan fingerprint density at radius 1 is 0.558 bits per heavy atom. The van der Waals surface area contributed by atoms with Crippen LogP contribution in [0.3, 0.4) is 0 Å². The largest absolute Gasteiger partial charge is 0.411 e. The zero-order chi connectivity index (χ0) is 31.7. The van der Waals surface area contributed by atoms with Crippen molar-refractivity contribution < 1.29 is 35.9 Å². The summed E-state index contributed by atoms with van der Waals surface area (Å²) in [5.41, 5.74) is -6.44. The fraction of sp³-hybridized carbons (Fsp3) is 0.103. The predicted octanol–water partition coefficient (Wildman–Crippen LogP) is 10.4. The van der Waals surface area contributed by atoms with Crippen LogP contribution in [0.4, 0.5) is 37.7 Å². The van der Waals surface area contributed by atoms with Gasteiger partial charge in [0.1, 0.15) is 0 Å². The first-order chi connectivity index (χ1) is 20.0. The van der Waals surface area contributed by atoms with E-state index >= 15 is 0 Å². The lowest BCUT2D eigenvalue weighted by atomic mass is 9.73. The lowest BCUT2D eigenvalue weighted by Crippen LogP contribution is -2.54. The summed E-state index contributed by atoms with van der Waals surface area (Å²) < 4.78 is 88.2. The van der Waals surface area contributed by atoms with E-state index in [2.05, 4.69) is 42.5 Å². The maximum atomic E-state index is 14.6. The molecule has 0 radical (unpaired) electrons. The highest BCUT2D eigenvalue weighted by Crippen LogP contribution is 2.56. The lowest BCUT2D eigenvalue weighted by molar-refractivity contribution is -0.288. The van der Waals surface area contributed by atoms with Gasteiger partial charge in [-0.2, -0.15) is 26.3 Å². The standard InChI is InChI=1S/C29H16Br2Cl2F6N2O2/c30-21-13-15(1-11-23(21)32)25(42)40-19-7-3-17(4-8-19)27(28(34,35)36,29(37,38)39)18-5-9-20(10-6-18)41-26(43)16-2-12-24(33)22(31)14-16/h1-14H,(H,40,42)(H,41,43). The fourth-order valence-electron chi connectivity index (χ4n) is 4.27. The molecule has 0 aliphatic carbocycles. The van der Waals surface area contributed by atoms with Gasteiger partial charge in [0.25, 0.3) is 11.8 Å². The van der Waals surface area contributed by atoms with Crippen LogP contribution in [0.5, 0.6) is 0 Å². The van der Waals surface area contributed by atoms with Crippen molar-refractivity contribution in [3.05, 3.63) is 126 Å². The summed E-state index contributed by atoms with van der Waals surface area (Å²) in [4.78, 5) is 25.1. The monoisotopic (exact) mass is 766 g/mol. The van der Waals surface area contributed by atoms with E-state index in [1.54, 1.807) is 0 Å². The van der Waals surface area contributed by atoms with Gasteiger partial charge in [-0.25, -0.2) is 0 Å². The molecule has 0 atom stereocenters. The third kappa shape index (κ3) is 6.72. The zero-order valence-corrected chi connectivity index (χ0v) is 25.9. The smallest absolute Gasteiger partial charge is 0.322 e. The second-order valence-electron chi connectivity index (χ2n) is 9.07. The van der Waals surface area contributed by atoms with Gasteiger partial charge in [-0.15, -0.1) is 0 Å². The average molecular weight is 769 g/mol. The third-order valence-electron chi connectivity index (χ3n) is 6.37. The number of anilines is 2. The first-order valence-electron chi connectivity index (χ1n) is 11.9. The molecule has 0 bridgehead atoms. The molecular formula is C29H16Br2Cl2F6N2O2. The number of nitrogens with one attached hydrogen (secondary N) is 2. The van der Waals surface area contributed by atoms with Crippen LogP contribution in [0.1, 0.15) is 31.8 Å². The van der Waals surface area contributed by atoms with Crippen molar-refractivity contribution in [2.45, 2.75) is 17.8 Å². The molecule has 0 saturated carbocycles. The minimum absolute atomic E-state index is 0.0371. The summed E-state index contributed by atoms with van der Waals surface area (Å²) >= 11 is 18.2. The van der Waals surface area contributed by atoms with E-state index in [4.69, 9.17) is 23.2 Å². The third-order valence-corrected chi connectivity index (χ3v) is 8.79. The number of amides is 2. The summed E-state index contributed by atoms with van der Waals surface area (Å²) in [6, 6.07) is 14.9. The highest BCUT2D eigenvalue weighted by atomic mass is 79.9. The van der Waals surface area contributed by atoms with E-state index < -0.39 is 40.7 Å². The van der Waals surface area contributed by atoms with Gasteiger partial charge in [-0.3, -0.25) is 9.59 Å². The number of carbonyl (C=O) groups is 2. The minimum Gasteiger partial charge on any atom is -0.322 e. The van der Waals surface area contributed by atoms with Crippen LogP contribution in [0.25, 0.3) is 0 Å². The van der Waals surface area contributed by atoms with Crippen LogP contribution in [0.15, 0.2) is 93.9 Å². The Bertz CT molecular complexity index is 1550. The van der Waals surface area contributed by atoms with Crippen LogP contribution in [-0.2, 0) is 5.41 Å². The molecule has 2 amide bonds. The fourth-order valence-corrected chi connectivity index (χ4v) is 5.26. The van der Waals surface area contributed by atoms with Crippen molar-refractivity contribution in [2.75, 3.05) is 10.6 Å². The van der Waals surface area contributed by atoms with Gasteiger partial charge in [-0.05, 0) is 104 Å². The second-order valence-corrected chi connectivity index (χ2v) is 11.6. The first-order valence-corrected chi connectivity index (χ1v) is 14.3. The van der Waals surface area contributed by atoms with Crippen molar-refractivity contribution in [1.82, 2.24) is 0 Å². The summed E-state index contributed by atoms with van der Waals surface area (Å²) in [5.74, 6) is -1.32. The van der Waals surface area contributed by atoms with Gasteiger partial charge >= 0.3 is 12.4 Å². The van der Waals surface area contributed by atoms with Gasteiger partial charge in [0.05, 0.1) is 10.0 Å². The number of halogens is 10. The van der Waals surface area contributed by atoms with E-state index in [1.807, 2.05) is 0 Å². The Labute approximate surface area is 267 Å². The molecule has 0 aliphatic heterocycles. The summed E-state index contributed by atoms with van der Waals surface area (Å²) in [6.45, 7) is 0. The lowest BCUT2D eigenvalue weighted by Gasteiger charge is -2.38. The Morgan fingerprint density at radius 3 is 1.16 bits per heavy atom. The number of rotatable bonds is 6. The number of alkyl halides is 6. The molecule has 0 heterocycles. The second kappa shape index (κ2) is 12.5. The molecule has 224 valence electrons. The first kappa shape index (κ1) is 32.8. The normalized spacial score (nSPS) is 12.1. The van der Waals surface area contributed by atoms with Crippen molar-refractivity contribution in [2.24, 2.45) is 0 Å². The molecule has 0 aromatic heterocycles. The quantitative estimate of drug-likeness (QED) is 0.192. The van der Waals surface area contributed by atoms with E-state index in [-0.39, 0.29) is 22.5 Å². The van der Waals surface area contributed by atoms with Crippen LogP contribution in [-0.4, -0.2) is 24.2 Å².